The van der Waals surface area contributed by atoms with Crippen LogP contribution in [0.2, 0.25) is 0 Å². The molecule has 7 nitrogen and oxygen atoms in total. The van der Waals surface area contributed by atoms with Gasteiger partial charge in [-0.05, 0) is 24.5 Å². The number of amides is 1. The van der Waals surface area contributed by atoms with Gasteiger partial charge in [-0.25, -0.2) is 0 Å². The third-order valence-electron chi connectivity index (χ3n) is 3.61. The van der Waals surface area contributed by atoms with Crippen LogP contribution < -0.4 is 11.1 Å². The third-order valence-corrected chi connectivity index (χ3v) is 4.42. The molecule has 3 N–H and O–H groups in total. The van der Waals surface area contributed by atoms with E-state index in [0.717, 1.165) is 17.7 Å². The van der Waals surface area contributed by atoms with E-state index in [1.54, 1.807) is 4.57 Å². The third kappa shape index (κ3) is 3.86. The first kappa shape index (κ1) is 17.8. The molecule has 0 bridgehead atoms. The molecule has 0 spiro atoms. The number of rotatable bonds is 7. The van der Waals surface area contributed by atoms with Crippen molar-refractivity contribution in [2.75, 3.05) is 16.8 Å². The highest BCUT2D eigenvalue weighted by molar-refractivity contribution is 7.99. The Bertz CT molecular complexity index is 751. The molecule has 1 aromatic heterocycles. The van der Waals surface area contributed by atoms with Gasteiger partial charge in [0.1, 0.15) is 6.04 Å². The predicted molar refractivity (Wildman–Crippen MR) is 94.5 cm³/mol. The Morgan fingerprint density at radius 3 is 2.83 bits per heavy atom. The minimum Gasteiger partial charge on any atom is -0.368 e. The van der Waals surface area contributed by atoms with Crippen LogP contribution >= 0.6 is 11.8 Å². The summed E-state index contributed by atoms with van der Waals surface area (Å²) in [6.45, 7) is 3.94. The number of hydrogen-bond acceptors (Lipinski definition) is 6. The monoisotopic (exact) mass is 344 g/mol. The number of nitrogen functional groups attached to an aromatic ring is 1. The minimum absolute atomic E-state index is 0.168. The predicted octanol–water partition coefficient (Wildman–Crippen LogP) is 2.63. The van der Waals surface area contributed by atoms with Crippen LogP contribution in [0, 0.1) is 11.3 Å². The molecule has 2 aromatic rings. The van der Waals surface area contributed by atoms with Gasteiger partial charge in [-0.2, -0.15) is 5.26 Å². The highest BCUT2D eigenvalue weighted by atomic mass is 32.2. The van der Waals surface area contributed by atoms with Crippen molar-refractivity contribution in [1.82, 2.24) is 14.8 Å². The van der Waals surface area contributed by atoms with E-state index in [4.69, 9.17) is 11.0 Å². The van der Waals surface area contributed by atoms with Gasteiger partial charge >= 0.3 is 0 Å². The summed E-state index contributed by atoms with van der Waals surface area (Å²) in [6, 6.07) is 9.19. The maximum atomic E-state index is 12.8. The number of nitrogens with zero attached hydrogens (tertiary/aromatic N) is 4. The van der Waals surface area contributed by atoms with E-state index in [1.165, 1.54) is 11.8 Å². The zero-order valence-corrected chi connectivity index (χ0v) is 14.5. The van der Waals surface area contributed by atoms with Crippen LogP contribution in [-0.4, -0.2) is 26.4 Å². The normalized spacial score (nSPS) is 11.7. The average molecular weight is 344 g/mol. The van der Waals surface area contributed by atoms with Crippen LogP contribution in [0.4, 0.5) is 11.6 Å². The van der Waals surface area contributed by atoms with Gasteiger partial charge in [0.25, 0.3) is 0 Å². The van der Waals surface area contributed by atoms with E-state index in [9.17, 15) is 4.79 Å². The quantitative estimate of drug-likeness (QED) is 0.747. The van der Waals surface area contributed by atoms with E-state index < -0.39 is 6.04 Å². The molecule has 8 heteroatoms. The van der Waals surface area contributed by atoms with E-state index in [2.05, 4.69) is 15.5 Å². The lowest BCUT2D eigenvalue weighted by molar-refractivity contribution is -0.119. The molecule has 0 aliphatic rings. The Kier molecular flexibility index (Phi) is 6.21. The Labute approximate surface area is 145 Å². The SMILES string of the molecule is CCc1ccccc1NC(=O)C(CC)n1c(N)nnc1SCC#N. The van der Waals surface area contributed by atoms with Crippen LogP contribution in [0.25, 0.3) is 0 Å². The fourth-order valence-electron chi connectivity index (χ4n) is 2.43. The van der Waals surface area contributed by atoms with Crippen molar-refractivity contribution in [3.8, 4) is 6.07 Å². The van der Waals surface area contributed by atoms with Gasteiger partial charge in [-0.1, -0.05) is 43.8 Å². The highest BCUT2D eigenvalue weighted by Crippen LogP contribution is 2.26. The van der Waals surface area contributed by atoms with Gasteiger partial charge in [0.2, 0.25) is 11.9 Å². The zero-order chi connectivity index (χ0) is 17.5. The van der Waals surface area contributed by atoms with Gasteiger partial charge in [-0.3, -0.25) is 9.36 Å². The number of nitrogens with one attached hydrogen (secondary N) is 1. The van der Waals surface area contributed by atoms with Gasteiger partial charge in [0.15, 0.2) is 5.16 Å². The molecule has 2 rings (SSSR count). The lowest BCUT2D eigenvalue weighted by Gasteiger charge is -2.19. The second-order valence-corrected chi connectivity index (χ2v) is 6.02. The molecule has 0 fully saturated rings. The zero-order valence-electron chi connectivity index (χ0n) is 13.7. The summed E-state index contributed by atoms with van der Waals surface area (Å²) in [5.41, 5.74) is 7.75. The minimum atomic E-state index is -0.536. The maximum absolute atomic E-state index is 12.8. The molecule has 1 heterocycles. The molecule has 0 radical (unpaired) electrons. The average Bonchev–Trinajstić information content (AvgIpc) is 2.95. The number of nitriles is 1. The van der Waals surface area contributed by atoms with Crippen LogP contribution in [0.15, 0.2) is 29.4 Å². The van der Waals surface area contributed by atoms with Crippen LogP contribution in [0.1, 0.15) is 31.9 Å². The number of anilines is 2. The molecule has 0 saturated carbocycles. The van der Waals surface area contributed by atoms with Crippen molar-refractivity contribution in [1.29, 1.82) is 5.26 Å². The molecule has 0 aliphatic heterocycles. The summed E-state index contributed by atoms with van der Waals surface area (Å²) in [5.74, 6) is 0.208. The Hall–Kier alpha value is -2.53. The number of carbonyl (C=O) groups excluding carboxylic acids is 1. The first-order valence-corrected chi connectivity index (χ1v) is 8.69. The Balaban J connectivity index is 2.27. The lowest BCUT2D eigenvalue weighted by atomic mass is 10.1. The molecule has 24 heavy (non-hydrogen) atoms. The fourth-order valence-corrected chi connectivity index (χ4v) is 3.08. The van der Waals surface area contributed by atoms with Crippen molar-refractivity contribution < 1.29 is 4.79 Å². The highest BCUT2D eigenvalue weighted by Gasteiger charge is 2.25. The van der Waals surface area contributed by atoms with E-state index in [-0.39, 0.29) is 17.6 Å². The summed E-state index contributed by atoms with van der Waals surface area (Å²) in [4.78, 5) is 12.8. The topological polar surface area (TPSA) is 110 Å². The summed E-state index contributed by atoms with van der Waals surface area (Å²) in [6.07, 6.45) is 1.35. The molecule has 1 aromatic carbocycles. The maximum Gasteiger partial charge on any atom is 0.247 e. The largest absolute Gasteiger partial charge is 0.368 e. The van der Waals surface area contributed by atoms with Crippen LogP contribution in [0.3, 0.4) is 0 Å². The van der Waals surface area contributed by atoms with Crippen molar-refractivity contribution in [2.45, 2.75) is 37.9 Å². The number of aromatic nitrogens is 3. The van der Waals surface area contributed by atoms with E-state index in [0.29, 0.717) is 11.6 Å². The number of aryl methyl sites for hydroxylation is 1. The Morgan fingerprint density at radius 2 is 2.17 bits per heavy atom. The summed E-state index contributed by atoms with van der Waals surface area (Å²) < 4.78 is 1.59. The molecule has 1 unspecified atom stereocenters. The molecule has 0 aliphatic carbocycles. The fraction of sp³-hybridized carbons (Fsp3) is 0.375. The molecule has 1 amide bonds. The second-order valence-electron chi connectivity index (χ2n) is 5.08. The number of para-hydroxylation sites is 1. The van der Waals surface area contributed by atoms with E-state index >= 15 is 0 Å². The first-order valence-electron chi connectivity index (χ1n) is 7.71. The van der Waals surface area contributed by atoms with Gasteiger partial charge in [-0.15, -0.1) is 10.2 Å². The van der Waals surface area contributed by atoms with Crippen molar-refractivity contribution in [3.05, 3.63) is 29.8 Å². The molecule has 0 saturated heterocycles. The number of carbonyl (C=O) groups is 1. The number of nitrogens with two attached hydrogens (primary N) is 1. The van der Waals surface area contributed by atoms with Crippen molar-refractivity contribution in [3.63, 3.8) is 0 Å². The van der Waals surface area contributed by atoms with Gasteiger partial charge in [0.05, 0.1) is 11.8 Å². The molecule has 126 valence electrons. The van der Waals surface area contributed by atoms with Crippen molar-refractivity contribution in [2.24, 2.45) is 0 Å². The number of thioether (sulfide) groups is 1. The van der Waals surface area contributed by atoms with Crippen molar-refractivity contribution >= 4 is 29.3 Å². The van der Waals surface area contributed by atoms with Gasteiger partial charge in [0, 0.05) is 5.69 Å². The summed E-state index contributed by atoms with van der Waals surface area (Å²) in [5, 5.41) is 20.0. The van der Waals surface area contributed by atoms with Gasteiger partial charge < -0.3 is 11.1 Å². The number of hydrogen-bond donors (Lipinski definition) is 2. The van der Waals surface area contributed by atoms with Crippen LogP contribution in [-0.2, 0) is 11.2 Å². The van der Waals surface area contributed by atoms with E-state index in [1.807, 2.05) is 44.2 Å². The molecular formula is C16H20N6OS. The summed E-state index contributed by atoms with van der Waals surface area (Å²) in [7, 11) is 0. The first-order chi connectivity index (χ1) is 11.6. The standard InChI is InChI=1S/C16H20N6OS/c1-3-11-7-5-6-8-12(11)19-14(23)13(4-2)22-15(18)20-21-16(22)24-10-9-17/h5-8,13H,3-4,10H2,1-2H3,(H2,18,20)(H,19,23). The molecule has 1 atom stereocenters. The Morgan fingerprint density at radius 1 is 1.42 bits per heavy atom. The molecular weight excluding hydrogens is 324 g/mol. The number of benzene rings is 1. The smallest absolute Gasteiger partial charge is 0.247 e. The lowest BCUT2D eigenvalue weighted by Crippen LogP contribution is -2.27. The second kappa shape index (κ2) is 8.36. The summed E-state index contributed by atoms with van der Waals surface area (Å²) >= 11 is 1.21. The van der Waals surface area contributed by atoms with Crippen LogP contribution in [0.5, 0.6) is 0 Å².